The number of carbonyl (C=O) groups excluding carboxylic acids is 1. The normalized spacial score (nSPS) is 10.7. The van der Waals surface area contributed by atoms with E-state index in [-0.39, 0.29) is 0 Å². The second-order valence-electron chi connectivity index (χ2n) is 1.87. The minimum atomic E-state index is -3.12. The smallest absolute Gasteiger partial charge is 0.315 e. The molecule has 0 rings (SSSR count). The summed E-state index contributed by atoms with van der Waals surface area (Å²) in [7, 11) is 0. The van der Waals surface area contributed by atoms with Gasteiger partial charge in [0.2, 0.25) is 0 Å². The van der Waals surface area contributed by atoms with Gasteiger partial charge >= 0.3 is 6.43 Å². The monoisotopic (exact) mass is 169 g/mol. The van der Waals surface area contributed by atoms with E-state index in [4.69, 9.17) is 10.2 Å². The zero-order chi connectivity index (χ0) is 8.85. The van der Waals surface area contributed by atoms with Crippen molar-refractivity contribution in [1.29, 1.82) is 0 Å². The van der Waals surface area contributed by atoms with E-state index in [0.29, 0.717) is 0 Å². The summed E-state index contributed by atoms with van der Waals surface area (Å²) in [5, 5.41) is 18.4. The standard InChI is InChI=1S/C5H9F2NO3/c6-4(7)5(11)8-3(1-9)2-10/h3-4,9-10H,1-2H2,(H,8,11). The van der Waals surface area contributed by atoms with Crippen molar-refractivity contribution in [3.8, 4) is 0 Å². The van der Waals surface area contributed by atoms with Crippen LogP contribution in [0.15, 0.2) is 0 Å². The molecule has 0 aliphatic carbocycles. The molecule has 66 valence electrons. The van der Waals surface area contributed by atoms with Gasteiger partial charge in [-0.3, -0.25) is 4.79 Å². The predicted octanol–water partition coefficient (Wildman–Crippen LogP) is -1.28. The van der Waals surface area contributed by atoms with Crippen LogP contribution in [0.1, 0.15) is 0 Å². The molecule has 0 aromatic heterocycles. The summed E-state index contributed by atoms with van der Waals surface area (Å²) in [4.78, 5) is 10.2. The molecule has 0 spiro atoms. The lowest BCUT2D eigenvalue weighted by molar-refractivity contribution is -0.133. The fourth-order valence-corrected chi connectivity index (χ4v) is 0.413. The fraction of sp³-hybridized carbons (Fsp3) is 0.800. The largest absolute Gasteiger partial charge is 0.394 e. The molecule has 0 saturated heterocycles. The first kappa shape index (κ1) is 10.2. The highest BCUT2D eigenvalue weighted by Gasteiger charge is 2.18. The van der Waals surface area contributed by atoms with Crippen molar-refractivity contribution in [2.45, 2.75) is 12.5 Å². The van der Waals surface area contributed by atoms with E-state index < -0.39 is 31.6 Å². The predicted molar refractivity (Wildman–Crippen MR) is 32.1 cm³/mol. The van der Waals surface area contributed by atoms with Gasteiger partial charge in [0.25, 0.3) is 5.91 Å². The van der Waals surface area contributed by atoms with E-state index in [1.165, 1.54) is 0 Å². The molecule has 11 heavy (non-hydrogen) atoms. The van der Waals surface area contributed by atoms with E-state index in [2.05, 4.69) is 0 Å². The summed E-state index contributed by atoms with van der Waals surface area (Å²) in [6, 6.07) is -1.00. The van der Waals surface area contributed by atoms with E-state index in [0.717, 1.165) is 0 Å². The molecule has 0 fully saturated rings. The van der Waals surface area contributed by atoms with Crippen LogP contribution >= 0.6 is 0 Å². The van der Waals surface area contributed by atoms with Gasteiger partial charge in [-0.25, -0.2) is 0 Å². The van der Waals surface area contributed by atoms with Gasteiger partial charge in [0.15, 0.2) is 0 Å². The number of carbonyl (C=O) groups is 1. The van der Waals surface area contributed by atoms with E-state index in [1.54, 1.807) is 5.32 Å². The molecule has 0 aromatic carbocycles. The highest BCUT2D eigenvalue weighted by molar-refractivity contribution is 5.79. The van der Waals surface area contributed by atoms with Crippen LogP contribution < -0.4 is 5.32 Å². The Bertz CT molecular complexity index is 127. The van der Waals surface area contributed by atoms with Gasteiger partial charge in [-0.15, -0.1) is 0 Å². The first-order valence-electron chi connectivity index (χ1n) is 2.92. The van der Waals surface area contributed by atoms with Crippen LogP contribution in [0.4, 0.5) is 8.78 Å². The van der Waals surface area contributed by atoms with Gasteiger partial charge < -0.3 is 15.5 Å². The molecule has 0 aliphatic heterocycles. The maximum absolute atomic E-state index is 11.5. The van der Waals surface area contributed by atoms with Crippen LogP contribution in [0.3, 0.4) is 0 Å². The van der Waals surface area contributed by atoms with Crippen molar-refractivity contribution in [3.63, 3.8) is 0 Å². The van der Waals surface area contributed by atoms with Crippen LogP contribution in [0.2, 0.25) is 0 Å². The van der Waals surface area contributed by atoms with E-state index in [9.17, 15) is 13.6 Å². The van der Waals surface area contributed by atoms with Crippen LogP contribution in [-0.4, -0.2) is 41.8 Å². The summed E-state index contributed by atoms with van der Waals surface area (Å²) in [6.45, 7) is -1.12. The average molecular weight is 169 g/mol. The Kier molecular flexibility index (Phi) is 4.64. The highest BCUT2D eigenvalue weighted by Crippen LogP contribution is 1.92. The number of aliphatic hydroxyl groups excluding tert-OH is 2. The Morgan fingerprint density at radius 1 is 1.36 bits per heavy atom. The van der Waals surface area contributed by atoms with Crippen LogP contribution in [0.25, 0.3) is 0 Å². The quantitative estimate of drug-likeness (QED) is 0.491. The summed E-state index contributed by atoms with van der Waals surface area (Å²) in [6.07, 6.45) is -3.12. The van der Waals surface area contributed by atoms with Crippen molar-refractivity contribution in [2.24, 2.45) is 0 Å². The Labute approximate surface area is 61.8 Å². The number of nitrogens with one attached hydrogen (secondary N) is 1. The first-order chi connectivity index (χ1) is 5.11. The minimum absolute atomic E-state index is 0.561. The Morgan fingerprint density at radius 3 is 2.09 bits per heavy atom. The lowest BCUT2D eigenvalue weighted by Crippen LogP contribution is -2.42. The molecule has 6 heteroatoms. The van der Waals surface area contributed by atoms with Crippen molar-refractivity contribution in [1.82, 2.24) is 5.32 Å². The van der Waals surface area contributed by atoms with Crippen LogP contribution in [-0.2, 0) is 4.79 Å². The lowest BCUT2D eigenvalue weighted by atomic mass is 10.3. The molecule has 4 nitrogen and oxygen atoms in total. The van der Waals surface area contributed by atoms with Crippen molar-refractivity contribution < 1.29 is 23.8 Å². The number of alkyl halides is 2. The number of amides is 1. The number of aliphatic hydroxyl groups is 2. The minimum Gasteiger partial charge on any atom is -0.394 e. The fourth-order valence-electron chi connectivity index (χ4n) is 0.413. The summed E-state index contributed by atoms with van der Waals surface area (Å²) in [5.74, 6) is -1.49. The maximum Gasteiger partial charge on any atom is 0.315 e. The molecular weight excluding hydrogens is 160 g/mol. The molecule has 0 aliphatic rings. The molecule has 0 bridgehead atoms. The molecule has 0 unspecified atom stereocenters. The third-order valence-electron chi connectivity index (χ3n) is 0.985. The van der Waals surface area contributed by atoms with Gasteiger partial charge in [0.05, 0.1) is 19.3 Å². The van der Waals surface area contributed by atoms with Gasteiger partial charge in [-0.2, -0.15) is 8.78 Å². The van der Waals surface area contributed by atoms with Gasteiger partial charge in [0.1, 0.15) is 0 Å². The van der Waals surface area contributed by atoms with E-state index in [1.807, 2.05) is 0 Å². The zero-order valence-corrected chi connectivity index (χ0v) is 5.63. The summed E-state index contributed by atoms with van der Waals surface area (Å²) >= 11 is 0. The average Bonchev–Trinajstić information content (AvgIpc) is 1.99. The van der Waals surface area contributed by atoms with Crippen LogP contribution in [0.5, 0.6) is 0 Å². The topological polar surface area (TPSA) is 69.6 Å². The molecular formula is C5H9F2NO3. The van der Waals surface area contributed by atoms with Crippen molar-refractivity contribution in [3.05, 3.63) is 0 Å². The number of hydrogen-bond acceptors (Lipinski definition) is 3. The maximum atomic E-state index is 11.5. The van der Waals surface area contributed by atoms with E-state index >= 15 is 0 Å². The summed E-state index contributed by atoms with van der Waals surface area (Å²) in [5.41, 5.74) is 0. The number of rotatable bonds is 4. The van der Waals surface area contributed by atoms with Crippen molar-refractivity contribution >= 4 is 5.91 Å². The Morgan fingerprint density at radius 2 is 1.82 bits per heavy atom. The third kappa shape index (κ3) is 3.84. The molecule has 0 atom stereocenters. The third-order valence-corrected chi connectivity index (χ3v) is 0.985. The number of hydrogen-bond donors (Lipinski definition) is 3. The molecule has 0 heterocycles. The van der Waals surface area contributed by atoms with Gasteiger partial charge in [-0.1, -0.05) is 0 Å². The van der Waals surface area contributed by atoms with Crippen molar-refractivity contribution in [2.75, 3.05) is 13.2 Å². The zero-order valence-electron chi connectivity index (χ0n) is 5.63. The number of halogens is 2. The lowest BCUT2D eigenvalue weighted by Gasteiger charge is -2.11. The molecule has 1 amide bonds. The van der Waals surface area contributed by atoms with Gasteiger partial charge in [0, 0.05) is 0 Å². The van der Waals surface area contributed by atoms with Gasteiger partial charge in [-0.05, 0) is 0 Å². The Hall–Kier alpha value is -0.750. The molecule has 3 N–H and O–H groups in total. The highest BCUT2D eigenvalue weighted by atomic mass is 19.3. The molecule has 0 saturated carbocycles. The summed E-state index contributed by atoms with van der Waals surface area (Å²) < 4.78 is 23.0. The first-order valence-corrected chi connectivity index (χ1v) is 2.92. The molecule has 0 radical (unpaired) electrons. The SMILES string of the molecule is O=C(NC(CO)CO)C(F)F. The Balaban J connectivity index is 3.72. The second kappa shape index (κ2) is 4.97. The molecule has 0 aromatic rings. The second-order valence-corrected chi connectivity index (χ2v) is 1.87. The van der Waals surface area contributed by atoms with Crippen LogP contribution in [0, 0.1) is 0 Å².